The SMILES string of the molecule is Cc1cccc(C(Cl)Cc2cccc(F)c2F)c1I. The fraction of sp³-hybridized carbons (Fsp3) is 0.200. The zero-order valence-corrected chi connectivity index (χ0v) is 13.2. The minimum atomic E-state index is -0.833. The van der Waals surface area contributed by atoms with Crippen LogP contribution in [0.5, 0.6) is 0 Å². The molecule has 0 bridgehead atoms. The van der Waals surface area contributed by atoms with Crippen LogP contribution in [0.1, 0.15) is 22.1 Å². The largest absolute Gasteiger partial charge is 0.204 e. The molecule has 0 saturated heterocycles. The Labute approximate surface area is 129 Å². The zero-order chi connectivity index (χ0) is 14.0. The number of hydrogen-bond donors (Lipinski definition) is 0. The van der Waals surface area contributed by atoms with Gasteiger partial charge in [-0.3, -0.25) is 0 Å². The Balaban J connectivity index is 2.28. The second kappa shape index (κ2) is 6.18. The maximum Gasteiger partial charge on any atom is 0.162 e. The van der Waals surface area contributed by atoms with Crippen LogP contribution in [0.2, 0.25) is 0 Å². The number of halogens is 4. The lowest BCUT2D eigenvalue weighted by Gasteiger charge is -2.14. The third kappa shape index (κ3) is 3.26. The molecule has 0 saturated carbocycles. The van der Waals surface area contributed by atoms with Crippen LogP contribution in [0, 0.1) is 22.1 Å². The minimum absolute atomic E-state index is 0.268. The Kier molecular flexibility index (Phi) is 4.79. The number of aryl methyl sites for hydroxylation is 1. The molecular weight excluding hydrogens is 381 g/mol. The van der Waals surface area contributed by atoms with Crippen molar-refractivity contribution in [2.24, 2.45) is 0 Å². The first-order valence-electron chi connectivity index (χ1n) is 5.82. The fourth-order valence-corrected chi connectivity index (χ4v) is 3.19. The molecule has 0 amide bonds. The minimum Gasteiger partial charge on any atom is -0.204 e. The number of benzene rings is 2. The van der Waals surface area contributed by atoms with Gasteiger partial charge in [-0.15, -0.1) is 11.6 Å². The highest BCUT2D eigenvalue weighted by atomic mass is 127. The second-order valence-electron chi connectivity index (χ2n) is 4.36. The monoisotopic (exact) mass is 392 g/mol. The van der Waals surface area contributed by atoms with E-state index in [9.17, 15) is 8.78 Å². The van der Waals surface area contributed by atoms with Crippen LogP contribution >= 0.6 is 34.2 Å². The summed E-state index contributed by atoms with van der Waals surface area (Å²) in [6.45, 7) is 2.00. The molecule has 4 heteroatoms. The summed E-state index contributed by atoms with van der Waals surface area (Å²) in [5.74, 6) is -1.64. The van der Waals surface area contributed by atoms with Crippen molar-refractivity contribution in [3.63, 3.8) is 0 Å². The van der Waals surface area contributed by atoms with Gasteiger partial charge in [-0.1, -0.05) is 30.3 Å². The maximum absolute atomic E-state index is 13.6. The van der Waals surface area contributed by atoms with Crippen LogP contribution in [0.15, 0.2) is 36.4 Å². The third-order valence-electron chi connectivity index (χ3n) is 2.99. The number of alkyl halides is 1. The number of rotatable bonds is 3. The molecule has 2 rings (SSSR count). The van der Waals surface area contributed by atoms with E-state index < -0.39 is 11.6 Å². The quantitative estimate of drug-likeness (QED) is 0.485. The van der Waals surface area contributed by atoms with Crippen molar-refractivity contribution in [2.45, 2.75) is 18.7 Å². The first kappa shape index (κ1) is 14.7. The summed E-state index contributed by atoms with van der Waals surface area (Å²) < 4.78 is 27.8. The molecule has 0 fully saturated rings. The van der Waals surface area contributed by atoms with E-state index in [2.05, 4.69) is 22.6 Å². The van der Waals surface area contributed by atoms with Crippen molar-refractivity contribution < 1.29 is 8.78 Å². The van der Waals surface area contributed by atoms with Crippen LogP contribution in [-0.2, 0) is 6.42 Å². The lowest BCUT2D eigenvalue weighted by molar-refractivity contribution is 0.498. The van der Waals surface area contributed by atoms with Crippen molar-refractivity contribution in [3.05, 3.63) is 68.3 Å². The van der Waals surface area contributed by atoms with E-state index in [0.717, 1.165) is 20.8 Å². The predicted octanol–water partition coefficient (Wildman–Crippen LogP) is 5.40. The first-order valence-corrected chi connectivity index (χ1v) is 7.34. The van der Waals surface area contributed by atoms with Crippen LogP contribution in [-0.4, -0.2) is 0 Å². The molecule has 0 aromatic heterocycles. The Hall–Kier alpha value is -0.680. The fourth-order valence-electron chi connectivity index (χ4n) is 1.92. The molecule has 1 unspecified atom stereocenters. The van der Waals surface area contributed by atoms with Gasteiger partial charge in [0.25, 0.3) is 0 Å². The van der Waals surface area contributed by atoms with Crippen LogP contribution < -0.4 is 0 Å². The Morgan fingerprint density at radius 3 is 2.58 bits per heavy atom. The lowest BCUT2D eigenvalue weighted by Crippen LogP contribution is -2.02. The average molecular weight is 393 g/mol. The normalized spacial score (nSPS) is 12.5. The van der Waals surface area contributed by atoms with Crippen LogP contribution in [0.3, 0.4) is 0 Å². The van der Waals surface area contributed by atoms with E-state index in [1.54, 1.807) is 6.07 Å². The Bertz CT molecular complexity index is 599. The zero-order valence-electron chi connectivity index (χ0n) is 10.3. The molecule has 2 aromatic carbocycles. The molecule has 2 aromatic rings. The molecule has 0 heterocycles. The van der Waals surface area contributed by atoms with Crippen LogP contribution in [0.25, 0.3) is 0 Å². The first-order chi connectivity index (χ1) is 9.00. The van der Waals surface area contributed by atoms with Crippen molar-refractivity contribution in [1.82, 2.24) is 0 Å². The highest BCUT2D eigenvalue weighted by Gasteiger charge is 2.16. The summed E-state index contributed by atoms with van der Waals surface area (Å²) in [5, 5.41) is -0.372. The Morgan fingerprint density at radius 1 is 1.16 bits per heavy atom. The van der Waals surface area contributed by atoms with Crippen molar-refractivity contribution in [1.29, 1.82) is 0 Å². The van der Waals surface area contributed by atoms with Gasteiger partial charge in [0.05, 0.1) is 5.38 Å². The van der Waals surface area contributed by atoms with Gasteiger partial charge >= 0.3 is 0 Å². The van der Waals surface area contributed by atoms with Gasteiger partial charge in [-0.25, -0.2) is 8.78 Å². The molecule has 0 spiro atoms. The lowest BCUT2D eigenvalue weighted by atomic mass is 10.0. The molecule has 0 nitrogen and oxygen atoms in total. The van der Waals surface area contributed by atoms with Crippen molar-refractivity contribution >= 4 is 34.2 Å². The molecule has 0 aliphatic rings. The summed E-state index contributed by atoms with van der Waals surface area (Å²) in [4.78, 5) is 0. The molecule has 0 radical (unpaired) electrons. The summed E-state index contributed by atoms with van der Waals surface area (Å²) in [6, 6.07) is 10.0. The highest BCUT2D eigenvalue weighted by molar-refractivity contribution is 14.1. The van der Waals surface area contributed by atoms with Gasteiger partial charge in [-0.05, 0) is 58.7 Å². The summed E-state index contributed by atoms with van der Waals surface area (Å²) in [6.07, 6.45) is 0.268. The van der Waals surface area contributed by atoms with E-state index in [-0.39, 0.29) is 11.8 Å². The molecule has 0 aliphatic carbocycles. The molecule has 0 N–H and O–H groups in total. The van der Waals surface area contributed by atoms with Gasteiger partial charge < -0.3 is 0 Å². The van der Waals surface area contributed by atoms with Gasteiger partial charge in [0, 0.05) is 3.57 Å². The average Bonchev–Trinajstić information content (AvgIpc) is 2.38. The topological polar surface area (TPSA) is 0 Å². The number of hydrogen-bond acceptors (Lipinski definition) is 0. The molecule has 0 aliphatic heterocycles. The maximum atomic E-state index is 13.6. The van der Waals surface area contributed by atoms with E-state index in [0.29, 0.717) is 5.56 Å². The van der Waals surface area contributed by atoms with Crippen molar-refractivity contribution in [2.75, 3.05) is 0 Å². The van der Waals surface area contributed by atoms with Gasteiger partial charge in [-0.2, -0.15) is 0 Å². The van der Waals surface area contributed by atoms with E-state index in [1.807, 2.05) is 25.1 Å². The standard InChI is InChI=1S/C15H12ClF2I/c1-9-4-2-6-11(15(9)19)12(16)8-10-5-3-7-13(17)14(10)18/h2-7,12H,8H2,1H3. The van der Waals surface area contributed by atoms with Crippen molar-refractivity contribution in [3.8, 4) is 0 Å². The summed E-state index contributed by atoms with van der Waals surface area (Å²) >= 11 is 8.57. The highest BCUT2D eigenvalue weighted by Crippen LogP contribution is 2.31. The van der Waals surface area contributed by atoms with Gasteiger partial charge in [0.1, 0.15) is 0 Å². The summed E-state index contributed by atoms with van der Waals surface area (Å²) in [7, 11) is 0. The summed E-state index contributed by atoms with van der Waals surface area (Å²) in [5.41, 5.74) is 2.38. The molecule has 100 valence electrons. The van der Waals surface area contributed by atoms with E-state index in [4.69, 9.17) is 11.6 Å². The molecule has 19 heavy (non-hydrogen) atoms. The van der Waals surface area contributed by atoms with Gasteiger partial charge in [0.15, 0.2) is 11.6 Å². The molecular formula is C15H12ClF2I. The third-order valence-corrected chi connectivity index (χ3v) is 4.85. The second-order valence-corrected chi connectivity index (χ2v) is 5.97. The Morgan fingerprint density at radius 2 is 1.84 bits per heavy atom. The van der Waals surface area contributed by atoms with E-state index in [1.165, 1.54) is 6.07 Å². The van der Waals surface area contributed by atoms with E-state index >= 15 is 0 Å². The molecule has 1 atom stereocenters. The van der Waals surface area contributed by atoms with Gasteiger partial charge in [0.2, 0.25) is 0 Å². The van der Waals surface area contributed by atoms with Crippen LogP contribution in [0.4, 0.5) is 8.78 Å². The smallest absolute Gasteiger partial charge is 0.162 e. The predicted molar refractivity (Wildman–Crippen MR) is 82.6 cm³/mol.